The van der Waals surface area contributed by atoms with E-state index in [4.69, 9.17) is 0 Å². The van der Waals surface area contributed by atoms with E-state index in [9.17, 15) is 18.0 Å². The maximum absolute atomic E-state index is 13.0. The molecule has 2 N–H and O–H groups in total. The molecule has 8 heteroatoms. The maximum atomic E-state index is 13.0. The number of nitrogens with one attached hydrogen (secondary N) is 2. The Morgan fingerprint density at radius 1 is 1.08 bits per heavy atom. The number of rotatable bonds is 7. The molecule has 0 spiro atoms. The number of benzene rings is 1. The smallest absolute Gasteiger partial charge is 0.309 e. The van der Waals surface area contributed by atoms with Crippen molar-refractivity contribution in [2.75, 3.05) is 6.54 Å². The van der Waals surface area contributed by atoms with Crippen molar-refractivity contribution in [3.8, 4) is 0 Å². The Labute approximate surface area is 157 Å². The van der Waals surface area contributed by atoms with Crippen LogP contribution in [0.25, 0.3) is 0 Å². The second-order valence-electron chi connectivity index (χ2n) is 5.87. The number of hydrogen-bond acceptors (Lipinski definition) is 5. The molecule has 0 saturated carbocycles. The van der Waals surface area contributed by atoms with Crippen molar-refractivity contribution in [1.29, 1.82) is 0 Å². The molecule has 0 aliphatic rings. The highest BCUT2D eigenvalue weighted by Crippen LogP contribution is 2.30. The minimum atomic E-state index is -3.69. The number of carbonyl (C=O) groups is 2. The van der Waals surface area contributed by atoms with Gasteiger partial charge in [0, 0.05) is 12.6 Å². The summed E-state index contributed by atoms with van der Waals surface area (Å²) >= 11 is 1.12. The van der Waals surface area contributed by atoms with Gasteiger partial charge in [-0.25, -0.2) is 8.42 Å². The molecule has 26 heavy (non-hydrogen) atoms. The van der Waals surface area contributed by atoms with E-state index in [1.165, 1.54) is 6.07 Å². The molecule has 2 amide bonds. The quantitative estimate of drug-likeness (QED) is 0.705. The lowest BCUT2D eigenvalue weighted by atomic mass is 10.1. The maximum Gasteiger partial charge on any atom is 0.309 e. The van der Waals surface area contributed by atoms with Crippen LogP contribution in [0.15, 0.2) is 52.1 Å². The summed E-state index contributed by atoms with van der Waals surface area (Å²) in [7, 11) is -3.69. The van der Waals surface area contributed by atoms with E-state index in [0.29, 0.717) is 12.0 Å². The number of thiophene rings is 1. The normalized spacial score (nSPS) is 13.6. The Balaban J connectivity index is 2.19. The molecule has 0 aliphatic carbocycles. The third-order valence-electron chi connectivity index (χ3n) is 3.97. The molecular weight excluding hydrogens is 372 g/mol. The van der Waals surface area contributed by atoms with Gasteiger partial charge in [-0.2, -0.15) is 0 Å². The van der Waals surface area contributed by atoms with E-state index in [1.54, 1.807) is 48.7 Å². The van der Waals surface area contributed by atoms with Crippen LogP contribution in [0.2, 0.25) is 0 Å². The second-order valence-corrected chi connectivity index (χ2v) is 9.17. The molecule has 0 unspecified atom stereocenters. The highest BCUT2D eigenvalue weighted by atomic mass is 32.2. The first-order valence-corrected chi connectivity index (χ1v) is 10.7. The number of sulfone groups is 1. The van der Waals surface area contributed by atoms with Gasteiger partial charge in [0.2, 0.25) is 0 Å². The van der Waals surface area contributed by atoms with Crippen LogP contribution >= 0.6 is 11.3 Å². The van der Waals surface area contributed by atoms with E-state index < -0.39 is 26.9 Å². The monoisotopic (exact) mass is 394 g/mol. The Morgan fingerprint density at radius 3 is 2.35 bits per heavy atom. The predicted octanol–water partition coefficient (Wildman–Crippen LogP) is 2.29. The van der Waals surface area contributed by atoms with Gasteiger partial charge in [-0.1, -0.05) is 43.3 Å². The van der Waals surface area contributed by atoms with Crippen molar-refractivity contribution < 1.29 is 18.0 Å². The van der Waals surface area contributed by atoms with Gasteiger partial charge >= 0.3 is 11.8 Å². The lowest BCUT2D eigenvalue weighted by Gasteiger charge is -2.18. The molecule has 1 aromatic carbocycles. The average Bonchev–Trinajstić information content (AvgIpc) is 3.17. The van der Waals surface area contributed by atoms with Crippen molar-refractivity contribution in [2.24, 2.45) is 0 Å². The third-order valence-corrected chi connectivity index (χ3v) is 7.50. The fourth-order valence-electron chi connectivity index (χ4n) is 2.30. The highest BCUT2D eigenvalue weighted by Gasteiger charge is 2.31. The first-order valence-electron chi connectivity index (χ1n) is 8.27. The minimum Gasteiger partial charge on any atom is -0.346 e. The highest BCUT2D eigenvalue weighted by molar-refractivity contribution is 7.93. The third kappa shape index (κ3) is 4.92. The zero-order chi connectivity index (χ0) is 19.2. The fraction of sp³-hybridized carbons (Fsp3) is 0.333. The summed E-state index contributed by atoms with van der Waals surface area (Å²) in [5.41, 5.74) is 0.559. The van der Waals surface area contributed by atoms with Crippen LogP contribution in [-0.4, -0.2) is 32.8 Å². The molecule has 2 rings (SSSR count). The Hall–Kier alpha value is -2.19. The lowest BCUT2D eigenvalue weighted by molar-refractivity contribution is -0.139. The van der Waals surface area contributed by atoms with Crippen molar-refractivity contribution in [2.45, 2.75) is 35.8 Å². The number of carbonyl (C=O) groups excluding carboxylic acids is 2. The van der Waals surface area contributed by atoms with Crippen LogP contribution in [0.1, 0.15) is 31.1 Å². The van der Waals surface area contributed by atoms with Gasteiger partial charge in [-0.15, -0.1) is 11.3 Å². The Morgan fingerprint density at radius 2 is 1.77 bits per heavy atom. The van der Waals surface area contributed by atoms with E-state index in [2.05, 4.69) is 10.6 Å². The molecule has 0 fully saturated rings. The minimum absolute atomic E-state index is 0.131. The van der Waals surface area contributed by atoms with Crippen molar-refractivity contribution in [3.63, 3.8) is 0 Å². The Bertz CT molecular complexity index is 833. The van der Waals surface area contributed by atoms with Crippen LogP contribution in [0.5, 0.6) is 0 Å². The molecule has 0 radical (unpaired) electrons. The molecule has 2 atom stereocenters. The standard InChI is InChI=1S/C18H22N2O4S2/c1-3-13(2)20-18(22)17(21)19-12-15(14-8-5-4-6-9-14)26(23,24)16-10-7-11-25-16/h4-11,13,15H,3,12H2,1-2H3,(H,19,21)(H,20,22)/t13-,15+/m0/s1. The summed E-state index contributed by atoms with van der Waals surface area (Å²) in [5, 5.41) is 5.73. The number of hydrogen-bond donors (Lipinski definition) is 2. The molecule has 0 saturated heterocycles. The number of amides is 2. The van der Waals surface area contributed by atoms with Crippen LogP contribution in [0.4, 0.5) is 0 Å². The zero-order valence-electron chi connectivity index (χ0n) is 14.6. The summed E-state index contributed by atoms with van der Waals surface area (Å²) < 4.78 is 26.1. The van der Waals surface area contributed by atoms with E-state index in [0.717, 1.165) is 11.3 Å². The summed E-state index contributed by atoms with van der Waals surface area (Å²) in [6.45, 7) is 3.50. The topological polar surface area (TPSA) is 92.3 Å². The molecule has 2 aromatic rings. The summed E-state index contributed by atoms with van der Waals surface area (Å²) in [5.74, 6) is -1.60. The van der Waals surface area contributed by atoms with Crippen LogP contribution < -0.4 is 10.6 Å². The van der Waals surface area contributed by atoms with Gasteiger partial charge in [0.15, 0.2) is 9.84 Å². The lowest BCUT2D eigenvalue weighted by Crippen LogP contribution is -2.45. The van der Waals surface area contributed by atoms with E-state index in [-0.39, 0.29) is 16.8 Å². The van der Waals surface area contributed by atoms with E-state index >= 15 is 0 Å². The van der Waals surface area contributed by atoms with Crippen LogP contribution in [-0.2, 0) is 19.4 Å². The van der Waals surface area contributed by atoms with Crippen LogP contribution in [0.3, 0.4) is 0 Å². The molecule has 0 bridgehead atoms. The van der Waals surface area contributed by atoms with Gasteiger partial charge in [-0.05, 0) is 30.4 Å². The van der Waals surface area contributed by atoms with E-state index in [1.807, 2.05) is 6.92 Å². The molecular formula is C18H22N2O4S2. The largest absolute Gasteiger partial charge is 0.346 e. The van der Waals surface area contributed by atoms with Gasteiger partial charge in [0.1, 0.15) is 9.46 Å². The average molecular weight is 395 g/mol. The van der Waals surface area contributed by atoms with Gasteiger partial charge in [0.25, 0.3) is 0 Å². The zero-order valence-corrected chi connectivity index (χ0v) is 16.3. The predicted molar refractivity (Wildman–Crippen MR) is 102 cm³/mol. The summed E-state index contributed by atoms with van der Waals surface area (Å²) in [6.07, 6.45) is 0.693. The molecule has 1 aromatic heterocycles. The van der Waals surface area contributed by atoms with Crippen molar-refractivity contribution in [1.82, 2.24) is 10.6 Å². The molecule has 6 nitrogen and oxygen atoms in total. The van der Waals surface area contributed by atoms with Gasteiger partial charge in [-0.3, -0.25) is 9.59 Å². The fourth-order valence-corrected chi connectivity index (χ4v) is 5.16. The van der Waals surface area contributed by atoms with Gasteiger partial charge in [0.05, 0.1) is 0 Å². The molecule has 1 heterocycles. The second kappa shape index (κ2) is 8.95. The van der Waals surface area contributed by atoms with Gasteiger partial charge < -0.3 is 10.6 Å². The molecule has 0 aliphatic heterocycles. The first kappa shape index (κ1) is 20.1. The SMILES string of the molecule is CC[C@H](C)NC(=O)C(=O)NC[C@H](c1ccccc1)S(=O)(=O)c1cccs1. The van der Waals surface area contributed by atoms with Crippen molar-refractivity contribution >= 4 is 33.0 Å². The molecule has 140 valence electrons. The van der Waals surface area contributed by atoms with Crippen LogP contribution in [0, 0.1) is 0 Å². The summed E-state index contributed by atoms with van der Waals surface area (Å²) in [6, 6.07) is 11.7. The Kier molecular flexibility index (Phi) is 6.93. The summed E-state index contributed by atoms with van der Waals surface area (Å²) in [4.78, 5) is 23.9. The van der Waals surface area contributed by atoms with Crippen molar-refractivity contribution in [3.05, 3.63) is 53.4 Å². The first-order chi connectivity index (χ1) is 12.4.